The Morgan fingerprint density at radius 2 is 1.58 bits per heavy atom. The first kappa shape index (κ1) is 29.8. The number of H-pyrrole nitrogens is 1. The first-order chi connectivity index (χ1) is 18.0. The van der Waals surface area contributed by atoms with Crippen molar-refractivity contribution in [2.75, 3.05) is 0 Å². The summed E-state index contributed by atoms with van der Waals surface area (Å²) in [6.45, 7) is 6.83. The zero-order valence-electron chi connectivity index (χ0n) is 22.0. The Labute approximate surface area is 222 Å². The van der Waals surface area contributed by atoms with Crippen molar-refractivity contribution in [1.82, 2.24) is 15.6 Å². The van der Waals surface area contributed by atoms with Gasteiger partial charge in [-0.1, -0.05) is 74.6 Å². The smallest absolute Gasteiger partial charge is 0.228 e. The summed E-state index contributed by atoms with van der Waals surface area (Å²) in [5.74, 6) is -3.14. The van der Waals surface area contributed by atoms with E-state index in [0.29, 0.717) is 5.56 Å². The number of aromatic hydroxyl groups is 2. The van der Waals surface area contributed by atoms with Gasteiger partial charge in [-0.2, -0.15) is 0 Å². The maximum absolute atomic E-state index is 13.1. The molecular weight excluding hydrogens is 486 g/mol. The molecule has 2 aromatic rings. The van der Waals surface area contributed by atoms with Crippen LogP contribution in [-0.2, 0) is 14.4 Å². The highest BCUT2D eigenvalue weighted by Crippen LogP contribution is 2.30. The van der Waals surface area contributed by atoms with Crippen molar-refractivity contribution in [1.29, 1.82) is 0 Å². The minimum atomic E-state index is -0.989. The normalized spacial score (nSPS) is 13.3. The molecule has 0 radical (unpaired) electrons. The number of hydrogen-bond donors (Lipinski definition) is 5. The summed E-state index contributed by atoms with van der Waals surface area (Å²) < 4.78 is 0. The Hall–Kier alpha value is -4.40. The number of aromatic amines is 1. The minimum absolute atomic E-state index is 0.0958. The number of carbonyl (C=O) groups is 4. The fourth-order valence-electron chi connectivity index (χ4n) is 3.78. The maximum atomic E-state index is 13.1. The van der Waals surface area contributed by atoms with Crippen LogP contribution in [0.15, 0.2) is 66.8 Å². The molecule has 0 fully saturated rings. The predicted octanol–water partition coefficient (Wildman–Crippen LogP) is 3.95. The van der Waals surface area contributed by atoms with Crippen molar-refractivity contribution in [3.05, 3.63) is 83.5 Å². The molecular formula is C29H35N3O6. The van der Waals surface area contributed by atoms with E-state index in [9.17, 15) is 29.4 Å². The second-order valence-corrected chi connectivity index (χ2v) is 9.12. The van der Waals surface area contributed by atoms with Crippen LogP contribution < -0.4 is 10.6 Å². The van der Waals surface area contributed by atoms with E-state index in [-0.39, 0.29) is 41.5 Å². The van der Waals surface area contributed by atoms with Crippen LogP contribution in [0.5, 0.6) is 11.8 Å². The van der Waals surface area contributed by atoms with Crippen molar-refractivity contribution in [3.8, 4) is 11.8 Å². The SMILES string of the molecule is CC=CC=CC=CC(=O)CC(=O)N[C@@H](CC(=O)N[C@H](C(=O)c1c(O)[nH]c(O)c1C)C(C)C)c1ccccc1. The van der Waals surface area contributed by atoms with E-state index < -0.39 is 35.6 Å². The number of rotatable bonds is 13. The van der Waals surface area contributed by atoms with E-state index in [1.807, 2.05) is 13.0 Å². The maximum Gasteiger partial charge on any atom is 0.228 e. The van der Waals surface area contributed by atoms with Gasteiger partial charge >= 0.3 is 0 Å². The van der Waals surface area contributed by atoms with Crippen molar-refractivity contribution in [2.45, 2.75) is 52.6 Å². The topological polar surface area (TPSA) is 149 Å². The number of nitrogens with one attached hydrogen (secondary N) is 3. The molecule has 0 saturated heterocycles. The van der Waals surface area contributed by atoms with E-state index in [4.69, 9.17) is 0 Å². The molecule has 0 aliphatic rings. The molecule has 2 amide bonds. The van der Waals surface area contributed by atoms with Gasteiger partial charge < -0.3 is 20.8 Å². The van der Waals surface area contributed by atoms with Crippen molar-refractivity contribution in [2.24, 2.45) is 5.92 Å². The Balaban J connectivity index is 2.14. The van der Waals surface area contributed by atoms with Gasteiger partial charge in [0.25, 0.3) is 0 Å². The summed E-state index contributed by atoms with van der Waals surface area (Å²) in [6, 6.07) is 7.10. The summed E-state index contributed by atoms with van der Waals surface area (Å²) in [5.41, 5.74) is 0.740. The van der Waals surface area contributed by atoms with Crippen molar-refractivity contribution >= 4 is 23.4 Å². The average Bonchev–Trinajstić information content (AvgIpc) is 3.12. The Morgan fingerprint density at radius 3 is 2.16 bits per heavy atom. The standard InChI is InChI=1S/C29H35N3O6/c1-5-6-7-8-12-15-21(33)16-23(34)30-22(20-13-10-9-11-14-20)17-24(35)31-26(18(2)3)27(36)25-19(4)28(37)32-29(25)38/h5-15,18,22,26,32,37-38H,16-17H2,1-4H3,(H,30,34)(H,31,35)/t22-,26-/m0/s1. The van der Waals surface area contributed by atoms with E-state index >= 15 is 0 Å². The molecule has 0 aliphatic heterocycles. The molecule has 1 aromatic heterocycles. The Bertz CT molecular complexity index is 1220. The number of hydrogen-bond acceptors (Lipinski definition) is 6. The molecule has 0 unspecified atom stereocenters. The third kappa shape index (κ3) is 8.62. The number of ketones is 2. The molecule has 0 aliphatic carbocycles. The summed E-state index contributed by atoms with van der Waals surface area (Å²) in [4.78, 5) is 53.3. The van der Waals surface area contributed by atoms with Gasteiger partial charge in [-0.05, 0) is 31.4 Å². The molecule has 202 valence electrons. The van der Waals surface area contributed by atoms with Gasteiger partial charge in [0.2, 0.25) is 17.7 Å². The molecule has 0 spiro atoms. The lowest BCUT2D eigenvalue weighted by molar-refractivity contribution is -0.127. The van der Waals surface area contributed by atoms with Crippen LogP contribution in [0.2, 0.25) is 0 Å². The highest BCUT2D eigenvalue weighted by molar-refractivity contribution is 6.06. The predicted molar refractivity (Wildman–Crippen MR) is 145 cm³/mol. The van der Waals surface area contributed by atoms with Gasteiger partial charge in [-0.25, -0.2) is 0 Å². The zero-order valence-corrected chi connectivity index (χ0v) is 22.0. The van der Waals surface area contributed by atoms with Gasteiger partial charge in [-0.15, -0.1) is 0 Å². The number of carbonyl (C=O) groups excluding carboxylic acids is 4. The van der Waals surface area contributed by atoms with Crippen molar-refractivity contribution in [3.63, 3.8) is 0 Å². The molecule has 1 aromatic carbocycles. The van der Waals surface area contributed by atoms with Crippen LogP contribution >= 0.6 is 0 Å². The van der Waals surface area contributed by atoms with Gasteiger partial charge in [-0.3, -0.25) is 24.2 Å². The van der Waals surface area contributed by atoms with Gasteiger partial charge in [0.05, 0.1) is 30.5 Å². The first-order valence-electron chi connectivity index (χ1n) is 12.3. The molecule has 0 saturated carbocycles. The highest BCUT2D eigenvalue weighted by atomic mass is 16.3. The van der Waals surface area contributed by atoms with Gasteiger partial charge in [0.15, 0.2) is 17.4 Å². The minimum Gasteiger partial charge on any atom is -0.494 e. The second-order valence-electron chi connectivity index (χ2n) is 9.12. The molecule has 38 heavy (non-hydrogen) atoms. The molecule has 1 heterocycles. The summed E-state index contributed by atoms with van der Waals surface area (Å²) in [5, 5.41) is 25.3. The van der Waals surface area contributed by atoms with E-state index in [1.165, 1.54) is 13.0 Å². The lowest BCUT2D eigenvalue weighted by Gasteiger charge is -2.24. The molecule has 9 heteroatoms. The number of Topliss-reactive ketones (excluding diaryl/α,β-unsaturated/α-hetero) is 1. The number of aromatic nitrogens is 1. The van der Waals surface area contributed by atoms with E-state index in [1.54, 1.807) is 68.5 Å². The monoisotopic (exact) mass is 521 g/mol. The largest absolute Gasteiger partial charge is 0.494 e. The quantitative estimate of drug-likeness (QED) is 0.117. The lowest BCUT2D eigenvalue weighted by Crippen LogP contribution is -2.45. The molecule has 2 atom stereocenters. The van der Waals surface area contributed by atoms with E-state index in [2.05, 4.69) is 15.6 Å². The van der Waals surface area contributed by atoms with Crippen LogP contribution in [0, 0.1) is 12.8 Å². The second kappa shape index (κ2) is 14.4. The summed E-state index contributed by atoms with van der Waals surface area (Å²) in [6.07, 6.45) is 9.35. The van der Waals surface area contributed by atoms with Gasteiger partial charge in [0.1, 0.15) is 0 Å². The molecule has 0 bridgehead atoms. The third-order valence-corrected chi connectivity index (χ3v) is 5.79. The number of benzene rings is 1. The molecule has 2 rings (SSSR count). The molecule has 5 N–H and O–H groups in total. The van der Waals surface area contributed by atoms with Crippen LogP contribution in [-0.4, -0.2) is 44.6 Å². The Kier molecular flexibility index (Phi) is 11.3. The average molecular weight is 522 g/mol. The lowest BCUT2D eigenvalue weighted by atomic mass is 9.93. The zero-order chi connectivity index (χ0) is 28.2. The first-order valence-corrected chi connectivity index (χ1v) is 12.3. The summed E-state index contributed by atoms with van der Waals surface area (Å²) >= 11 is 0. The van der Waals surface area contributed by atoms with Crippen LogP contribution in [0.3, 0.4) is 0 Å². The van der Waals surface area contributed by atoms with Crippen LogP contribution in [0.25, 0.3) is 0 Å². The fraction of sp³-hybridized carbons (Fsp3) is 0.310. The summed E-state index contributed by atoms with van der Waals surface area (Å²) in [7, 11) is 0. The molecule has 9 nitrogen and oxygen atoms in total. The number of allylic oxidation sites excluding steroid dienone is 6. The fourth-order valence-corrected chi connectivity index (χ4v) is 3.78. The highest BCUT2D eigenvalue weighted by Gasteiger charge is 2.31. The van der Waals surface area contributed by atoms with Crippen LogP contribution in [0.1, 0.15) is 61.1 Å². The van der Waals surface area contributed by atoms with Gasteiger partial charge in [0, 0.05) is 5.56 Å². The Morgan fingerprint density at radius 1 is 0.921 bits per heavy atom. The number of amides is 2. The van der Waals surface area contributed by atoms with Crippen LogP contribution in [0.4, 0.5) is 0 Å². The van der Waals surface area contributed by atoms with E-state index in [0.717, 1.165) is 0 Å². The van der Waals surface area contributed by atoms with Crippen molar-refractivity contribution < 1.29 is 29.4 Å². The third-order valence-electron chi connectivity index (χ3n) is 5.79.